The van der Waals surface area contributed by atoms with Gasteiger partial charge in [0.1, 0.15) is 5.54 Å². The first-order valence-corrected chi connectivity index (χ1v) is 8.93. The Bertz CT molecular complexity index is 752. The molecule has 2 rings (SSSR count). The van der Waals surface area contributed by atoms with Crippen molar-refractivity contribution in [3.8, 4) is 0 Å². The summed E-state index contributed by atoms with van der Waals surface area (Å²) in [7, 11) is 0. The number of rotatable bonds is 8. The zero-order valence-corrected chi connectivity index (χ0v) is 15.6. The fourth-order valence-corrected chi connectivity index (χ4v) is 2.95. The molecule has 2 amide bonds. The van der Waals surface area contributed by atoms with Gasteiger partial charge in [0.25, 0.3) is 0 Å². The van der Waals surface area contributed by atoms with Gasteiger partial charge >= 0.3 is 0 Å². The lowest BCUT2D eigenvalue weighted by molar-refractivity contribution is -0.124. The lowest BCUT2D eigenvalue weighted by Gasteiger charge is -2.28. The molecule has 0 heterocycles. The Kier molecular flexibility index (Phi) is 6.52. The van der Waals surface area contributed by atoms with Crippen molar-refractivity contribution < 1.29 is 9.59 Å². The highest BCUT2D eigenvalue weighted by atomic mass is 16.2. The maximum absolute atomic E-state index is 12.5. The number of carbonyl (C=O) groups is 2. The van der Waals surface area contributed by atoms with Gasteiger partial charge in [0, 0.05) is 5.69 Å². The molecule has 2 aromatic rings. The third-order valence-corrected chi connectivity index (χ3v) is 4.71. The maximum atomic E-state index is 12.5. The highest BCUT2D eigenvalue weighted by Crippen LogP contribution is 2.23. The number of amides is 2. The smallest absolute Gasteiger partial charge is 0.242 e. The van der Waals surface area contributed by atoms with Gasteiger partial charge in [-0.15, -0.1) is 0 Å². The van der Waals surface area contributed by atoms with Gasteiger partial charge < -0.3 is 11.1 Å². The average Bonchev–Trinajstić information content (AvgIpc) is 2.66. The molecular weight excluding hydrogens is 326 g/mol. The van der Waals surface area contributed by atoms with E-state index in [-0.39, 0.29) is 12.5 Å². The molecule has 1 atom stereocenters. The van der Waals surface area contributed by atoms with Crippen molar-refractivity contribution in [2.24, 2.45) is 5.73 Å². The summed E-state index contributed by atoms with van der Waals surface area (Å²) in [5.41, 5.74) is 8.27. The Morgan fingerprint density at radius 3 is 2.04 bits per heavy atom. The Labute approximate surface area is 155 Å². The lowest BCUT2D eigenvalue weighted by atomic mass is 9.91. The van der Waals surface area contributed by atoms with Crippen LogP contribution in [0.25, 0.3) is 0 Å². The first-order chi connectivity index (χ1) is 12.4. The van der Waals surface area contributed by atoms with Gasteiger partial charge in [0.05, 0.1) is 6.54 Å². The number of nitrogens with one attached hydrogen (secondary N) is 2. The normalized spacial score (nSPS) is 13.0. The predicted octanol–water partition coefficient (Wildman–Crippen LogP) is 2.74. The average molecular weight is 353 g/mol. The van der Waals surface area contributed by atoms with Crippen LogP contribution in [0.1, 0.15) is 37.5 Å². The number of nitrogens with two attached hydrogens (primary N) is 1. The molecule has 2 aromatic carbocycles. The largest absolute Gasteiger partial charge is 0.368 e. The van der Waals surface area contributed by atoms with Crippen molar-refractivity contribution in [1.82, 2.24) is 5.32 Å². The van der Waals surface area contributed by atoms with Gasteiger partial charge in [-0.3, -0.25) is 14.9 Å². The fraction of sp³-hybridized carbons (Fsp3) is 0.333. The molecule has 5 heteroatoms. The molecule has 0 spiro atoms. The van der Waals surface area contributed by atoms with Crippen molar-refractivity contribution in [2.45, 2.75) is 39.2 Å². The van der Waals surface area contributed by atoms with Crippen LogP contribution in [-0.2, 0) is 28.0 Å². The molecule has 138 valence electrons. The van der Waals surface area contributed by atoms with Crippen molar-refractivity contribution in [2.75, 3.05) is 11.9 Å². The summed E-state index contributed by atoms with van der Waals surface area (Å²) in [5.74, 6) is -0.733. The van der Waals surface area contributed by atoms with Crippen LogP contribution >= 0.6 is 0 Å². The van der Waals surface area contributed by atoms with Crippen molar-refractivity contribution in [1.29, 1.82) is 0 Å². The van der Waals surface area contributed by atoms with Crippen LogP contribution in [0, 0.1) is 0 Å². The Morgan fingerprint density at radius 1 is 0.962 bits per heavy atom. The van der Waals surface area contributed by atoms with Gasteiger partial charge in [0.2, 0.25) is 11.8 Å². The summed E-state index contributed by atoms with van der Waals surface area (Å²) in [6, 6.07) is 15.2. The van der Waals surface area contributed by atoms with E-state index in [9.17, 15) is 9.59 Å². The van der Waals surface area contributed by atoms with E-state index in [0.717, 1.165) is 35.2 Å². The van der Waals surface area contributed by atoms with Crippen LogP contribution < -0.4 is 16.4 Å². The molecule has 0 saturated carbocycles. The second kappa shape index (κ2) is 8.63. The monoisotopic (exact) mass is 353 g/mol. The first kappa shape index (κ1) is 19.7. The molecule has 4 N–H and O–H groups in total. The molecule has 0 saturated heterocycles. The van der Waals surface area contributed by atoms with Gasteiger partial charge in [-0.1, -0.05) is 62.4 Å². The van der Waals surface area contributed by atoms with Crippen molar-refractivity contribution in [3.63, 3.8) is 0 Å². The first-order valence-electron chi connectivity index (χ1n) is 8.93. The number of hydrogen-bond acceptors (Lipinski definition) is 3. The topological polar surface area (TPSA) is 84.2 Å². The van der Waals surface area contributed by atoms with Crippen molar-refractivity contribution in [3.05, 3.63) is 65.2 Å². The fourth-order valence-electron chi connectivity index (χ4n) is 2.95. The number of carbonyl (C=O) groups excluding carboxylic acids is 2. The van der Waals surface area contributed by atoms with Crippen LogP contribution in [0.15, 0.2) is 48.5 Å². The third kappa shape index (κ3) is 4.29. The van der Waals surface area contributed by atoms with Gasteiger partial charge in [-0.2, -0.15) is 0 Å². The van der Waals surface area contributed by atoms with Crippen LogP contribution in [0.5, 0.6) is 0 Å². The van der Waals surface area contributed by atoms with Gasteiger partial charge in [0.15, 0.2) is 0 Å². The minimum atomic E-state index is -1.11. The van der Waals surface area contributed by atoms with E-state index in [1.54, 1.807) is 6.92 Å². The summed E-state index contributed by atoms with van der Waals surface area (Å²) < 4.78 is 0. The molecular formula is C21H27N3O2. The molecule has 0 aliphatic heterocycles. The number of para-hydroxylation sites is 1. The zero-order chi connectivity index (χ0) is 19.2. The summed E-state index contributed by atoms with van der Waals surface area (Å²) >= 11 is 0. The number of primary amides is 1. The van der Waals surface area contributed by atoms with E-state index >= 15 is 0 Å². The molecule has 26 heavy (non-hydrogen) atoms. The SMILES string of the molecule is CCc1cccc(CC)c1NC(=O)CN[C@](C)(C(N)=O)c1ccccc1. The van der Waals surface area contributed by atoms with E-state index in [4.69, 9.17) is 5.73 Å². The van der Waals surface area contributed by atoms with Gasteiger partial charge in [-0.25, -0.2) is 0 Å². The zero-order valence-electron chi connectivity index (χ0n) is 15.6. The summed E-state index contributed by atoms with van der Waals surface area (Å²) in [6.45, 7) is 5.79. The molecule has 0 fully saturated rings. The Balaban J connectivity index is 2.14. The van der Waals surface area contributed by atoms with Crippen LogP contribution in [0.3, 0.4) is 0 Å². The van der Waals surface area contributed by atoms with E-state index < -0.39 is 11.4 Å². The summed E-state index contributed by atoms with van der Waals surface area (Å²) in [4.78, 5) is 24.5. The molecule has 0 bridgehead atoms. The minimum absolute atomic E-state index is 0.0183. The number of aryl methyl sites for hydroxylation is 2. The van der Waals surface area contributed by atoms with Crippen molar-refractivity contribution >= 4 is 17.5 Å². The summed E-state index contributed by atoms with van der Waals surface area (Å²) in [6.07, 6.45) is 1.67. The van der Waals surface area contributed by atoms with Crippen LogP contribution in [0.4, 0.5) is 5.69 Å². The highest BCUT2D eigenvalue weighted by molar-refractivity contribution is 5.95. The predicted molar refractivity (Wildman–Crippen MR) is 105 cm³/mol. The Morgan fingerprint density at radius 2 is 1.54 bits per heavy atom. The molecule has 0 radical (unpaired) electrons. The molecule has 0 aromatic heterocycles. The quantitative estimate of drug-likeness (QED) is 0.682. The number of benzene rings is 2. The minimum Gasteiger partial charge on any atom is -0.368 e. The molecule has 0 aliphatic carbocycles. The maximum Gasteiger partial charge on any atom is 0.242 e. The molecule has 5 nitrogen and oxygen atoms in total. The second-order valence-electron chi connectivity index (χ2n) is 6.42. The lowest BCUT2D eigenvalue weighted by Crippen LogP contribution is -2.52. The highest BCUT2D eigenvalue weighted by Gasteiger charge is 2.33. The molecule has 0 aliphatic rings. The van der Waals surface area contributed by atoms with E-state index in [1.165, 1.54) is 0 Å². The van der Waals surface area contributed by atoms with Crippen LogP contribution in [-0.4, -0.2) is 18.4 Å². The third-order valence-electron chi connectivity index (χ3n) is 4.71. The second-order valence-corrected chi connectivity index (χ2v) is 6.42. The standard InChI is InChI=1S/C21H27N3O2/c1-4-15-10-9-11-16(5-2)19(15)24-18(25)14-23-21(3,20(22)26)17-12-7-6-8-13-17/h6-13,23H,4-5,14H2,1-3H3,(H2,22,26)(H,24,25)/t21-/m0/s1. The summed E-state index contributed by atoms with van der Waals surface area (Å²) in [5, 5.41) is 6.01. The van der Waals surface area contributed by atoms with Gasteiger partial charge in [-0.05, 0) is 36.5 Å². The number of hydrogen-bond donors (Lipinski definition) is 3. The Hall–Kier alpha value is -2.66. The van der Waals surface area contributed by atoms with Crippen LogP contribution in [0.2, 0.25) is 0 Å². The van der Waals surface area contributed by atoms with E-state index in [2.05, 4.69) is 24.5 Å². The van der Waals surface area contributed by atoms with E-state index in [0.29, 0.717) is 0 Å². The van der Waals surface area contributed by atoms with E-state index in [1.807, 2.05) is 48.5 Å². The number of anilines is 1. The molecule has 0 unspecified atom stereocenters.